The molecule has 2 rings (SSSR count). The van der Waals surface area contributed by atoms with Crippen LogP contribution in [0.25, 0.3) is 0 Å². The number of ether oxygens (including phenoxy) is 3. The van der Waals surface area contributed by atoms with Crippen molar-refractivity contribution in [3.05, 3.63) is 39.5 Å². The zero-order chi connectivity index (χ0) is 16.3. The molecule has 118 valence electrons. The molecule has 6 nitrogen and oxygen atoms in total. The maximum Gasteiger partial charge on any atom is 0.355 e. The fourth-order valence-electron chi connectivity index (χ4n) is 2.21. The van der Waals surface area contributed by atoms with Crippen LogP contribution in [-0.2, 0) is 23.8 Å². The van der Waals surface area contributed by atoms with Gasteiger partial charge in [0.2, 0.25) is 0 Å². The first kappa shape index (κ1) is 16.5. The molecule has 0 aromatic heterocycles. The highest BCUT2D eigenvalue weighted by Gasteiger charge is 2.32. The van der Waals surface area contributed by atoms with Gasteiger partial charge in [0.05, 0.1) is 26.4 Å². The van der Waals surface area contributed by atoms with Gasteiger partial charge in [-0.2, -0.15) is 0 Å². The lowest BCUT2D eigenvalue weighted by Crippen LogP contribution is -2.39. The van der Waals surface area contributed by atoms with Crippen LogP contribution >= 0.6 is 15.9 Å². The van der Waals surface area contributed by atoms with Crippen molar-refractivity contribution in [3.63, 3.8) is 0 Å². The van der Waals surface area contributed by atoms with Crippen molar-refractivity contribution >= 4 is 33.6 Å². The molecule has 0 radical (unpaired) electrons. The molecular formula is C15H16BrNO5. The monoisotopic (exact) mass is 369 g/mol. The van der Waals surface area contributed by atoms with Crippen LogP contribution in [0.15, 0.2) is 33.9 Å². The number of rotatable bonds is 3. The Labute approximate surface area is 136 Å². The molecule has 7 heteroatoms. The predicted molar refractivity (Wildman–Crippen MR) is 83.2 cm³/mol. The van der Waals surface area contributed by atoms with E-state index < -0.39 is 11.9 Å². The van der Waals surface area contributed by atoms with Crippen molar-refractivity contribution < 1.29 is 23.8 Å². The van der Waals surface area contributed by atoms with Gasteiger partial charge in [-0.15, -0.1) is 0 Å². The maximum absolute atomic E-state index is 12.2. The summed E-state index contributed by atoms with van der Waals surface area (Å²) in [6, 6.07) is 5.65. The number of benzene rings is 1. The molecule has 0 aliphatic carbocycles. The van der Waals surface area contributed by atoms with Gasteiger partial charge in [-0.25, -0.2) is 9.59 Å². The van der Waals surface area contributed by atoms with Crippen molar-refractivity contribution in [2.24, 2.45) is 0 Å². The van der Waals surface area contributed by atoms with Gasteiger partial charge >= 0.3 is 11.9 Å². The summed E-state index contributed by atoms with van der Waals surface area (Å²) in [4.78, 5) is 25.7. The minimum absolute atomic E-state index is 0.000652. The van der Waals surface area contributed by atoms with Crippen LogP contribution in [-0.4, -0.2) is 39.5 Å². The molecule has 1 aliphatic heterocycles. The minimum Gasteiger partial charge on any atom is -0.466 e. The van der Waals surface area contributed by atoms with Gasteiger partial charge in [-0.1, -0.05) is 22.0 Å². The third-order valence-corrected chi connectivity index (χ3v) is 3.79. The molecule has 0 atom stereocenters. The largest absolute Gasteiger partial charge is 0.466 e. The number of anilines is 1. The van der Waals surface area contributed by atoms with E-state index in [2.05, 4.69) is 15.9 Å². The minimum atomic E-state index is -0.613. The van der Waals surface area contributed by atoms with Crippen LogP contribution in [0.2, 0.25) is 0 Å². The molecule has 0 bridgehead atoms. The van der Waals surface area contributed by atoms with Crippen molar-refractivity contribution in [1.82, 2.24) is 0 Å². The molecule has 1 aliphatic rings. The summed E-state index contributed by atoms with van der Waals surface area (Å²) in [5.74, 6) is -1.22. The summed E-state index contributed by atoms with van der Waals surface area (Å²) in [5, 5.41) is 0. The molecule has 22 heavy (non-hydrogen) atoms. The summed E-state index contributed by atoms with van der Waals surface area (Å²) in [6.07, 6.45) is 0. The highest BCUT2D eigenvalue weighted by atomic mass is 79.9. The van der Waals surface area contributed by atoms with Crippen LogP contribution < -0.4 is 4.90 Å². The Morgan fingerprint density at radius 3 is 2.55 bits per heavy atom. The van der Waals surface area contributed by atoms with Crippen LogP contribution in [0.1, 0.15) is 5.56 Å². The van der Waals surface area contributed by atoms with Gasteiger partial charge < -0.3 is 19.1 Å². The van der Waals surface area contributed by atoms with E-state index in [1.54, 1.807) is 4.90 Å². The first-order valence-electron chi connectivity index (χ1n) is 6.50. The number of esters is 2. The van der Waals surface area contributed by atoms with Gasteiger partial charge in [0.25, 0.3) is 0 Å². The molecular weight excluding hydrogens is 354 g/mol. The van der Waals surface area contributed by atoms with Crippen molar-refractivity contribution in [3.8, 4) is 0 Å². The number of hydrogen-bond donors (Lipinski definition) is 0. The molecule has 0 amide bonds. The third kappa shape index (κ3) is 3.15. The molecule has 0 spiro atoms. The number of hydrogen-bond acceptors (Lipinski definition) is 6. The molecule has 1 aromatic rings. The van der Waals surface area contributed by atoms with Gasteiger partial charge in [0.1, 0.15) is 12.4 Å². The number of carbonyl (C=O) groups is 2. The Kier molecular flexibility index (Phi) is 5.20. The standard InChI is InChI=1S/C15H16BrNO5/c1-9-4-5-10(16)6-12(9)17-8-22-7-11(14(18)20-2)13(17)15(19)21-3/h4-6H,7-8H2,1-3H3. The fourth-order valence-corrected chi connectivity index (χ4v) is 2.56. The van der Waals surface area contributed by atoms with E-state index in [9.17, 15) is 9.59 Å². The number of carbonyl (C=O) groups excluding carboxylic acids is 2. The van der Waals surface area contributed by atoms with Gasteiger partial charge in [-0.3, -0.25) is 0 Å². The molecule has 0 saturated carbocycles. The summed E-state index contributed by atoms with van der Waals surface area (Å²) < 4.78 is 15.8. The Morgan fingerprint density at radius 2 is 1.91 bits per heavy atom. The quantitative estimate of drug-likeness (QED) is 0.760. The maximum atomic E-state index is 12.2. The van der Waals surface area contributed by atoms with Crippen LogP contribution in [0.4, 0.5) is 5.69 Å². The predicted octanol–water partition coefficient (Wildman–Crippen LogP) is 2.15. The Morgan fingerprint density at radius 1 is 1.23 bits per heavy atom. The van der Waals surface area contributed by atoms with Crippen molar-refractivity contribution in [2.45, 2.75) is 6.92 Å². The zero-order valence-electron chi connectivity index (χ0n) is 12.5. The van der Waals surface area contributed by atoms with Crippen molar-refractivity contribution in [2.75, 3.05) is 32.5 Å². The van der Waals surface area contributed by atoms with Gasteiger partial charge in [0, 0.05) is 10.2 Å². The second kappa shape index (κ2) is 6.93. The second-order valence-corrected chi connectivity index (χ2v) is 5.56. The van der Waals surface area contributed by atoms with E-state index in [0.29, 0.717) is 0 Å². The van der Waals surface area contributed by atoms with Gasteiger partial charge in [0.15, 0.2) is 0 Å². The molecule has 0 saturated heterocycles. The number of halogens is 1. The van der Waals surface area contributed by atoms with Crippen molar-refractivity contribution in [1.29, 1.82) is 0 Å². The van der Waals surface area contributed by atoms with Crippen LogP contribution in [0.5, 0.6) is 0 Å². The number of methoxy groups -OCH3 is 2. The van der Waals surface area contributed by atoms with E-state index in [-0.39, 0.29) is 24.6 Å². The van der Waals surface area contributed by atoms with E-state index in [1.165, 1.54) is 14.2 Å². The number of aryl methyl sites for hydroxylation is 1. The van der Waals surface area contributed by atoms with Crippen LogP contribution in [0.3, 0.4) is 0 Å². The zero-order valence-corrected chi connectivity index (χ0v) is 14.1. The lowest BCUT2D eigenvalue weighted by atomic mass is 10.1. The smallest absolute Gasteiger partial charge is 0.355 e. The summed E-state index contributed by atoms with van der Waals surface area (Å²) in [5.41, 5.74) is 1.96. The van der Waals surface area contributed by atoms with E-state index >= 15 is 0 Å². The second-order valence-electron chi connectivity index (χ2n) is 4.65. The topological polar surface area (TPSA) is 65.1 Å². The summed E-state index contributed by atoms with van der Waals surface area (Å²) >= 11 is 3.40. The Hall–Kier alpha value is -1.86. The average Bonchev–Trinajstić information content (AvgIpc) is 2.54. The Balaban J connectivity index is 2.60. The van der Waals surface area contributed by atoms with E-state index in [0.717, 1.165) is 15.7 Å². The van der Waals surface area contributed by atoms with E-state index in [4.69, 9.17) is 14.2 Å². The lowest BCUT2D eigenvalue weighted by Gasteiger charge is -2.32. The average molecular weight is 370 g/mol. The highest BCUT2D eigenvalue weighted by molar-refractivity contribution is 9.10. The van der Waals surface area contributed by atoms with E-state index in [1.807, 2.05) is 25.1 Å². The first-order valence-corrected chi connectivity index (χ1v) is 7.30. The lowest BCUT2D eigenvalue weighted by molar-refractivity contribution is -0.140. The SMILES string of the molecule is COC(=O)C1=C(C(=O)OC)N(c2cc(Br)ccc2C)COC1. The Bertz CT molecular complexity index is 641. The summed E-state index contributed by atoms with van der Waals surface area (Å²) in [6.45, 7) is 2.05. The number of nitrogens with zero attached hydrogens (tertiary/aromatic N) is 1. The van der Waals surface area contributed by atoms with Crippen LogP contribution in [0, 0.1) is 6.92 Å². The highest BCUT2D eigenvalue weighted by Crippen LogP contribution is 2.31. The molecule has 1 heterocycles. The molecule has 1 aromatic carbocycles. The molecule has 0 N–H and O–H groups in total. The first-order chi connectivity index (χ1) is 10.5. The van der Waals surface area contributed by atoms with Gasteiger partial charge in [-0.05, 0) is 24.6 Å². The summed E-state index contributed by atoms with van der Waals surface area (Å²) in [7, 11) is 2.53. The molecule has 0 fully saturated rings. The third-order valence-electron chi connectivity index (χ3n) is 3.30. The normalized spacial score (nSPS) is 14.8. The molecule has 0 unspecified atom stereocenters. The fraction of sp³-hybridized carbons (Fsp3) is 0.333.